The summed E-state index contributed by atoms with van der Waals surface area (Å²) in [5.74, 6) is 0.704. The summed E-state index contributed by atoms with van der Waals surface area (Å²) >= 11 is 0. The van der Waals surface area contributed by atoms with Gasteiger partial charge in [-0.1, -0.05) is 18.2 Å². The molecule has 0 saturated carbocycles. The number of furan rings is 1. The number of hydrogen-bond acceptors (Lipinski definition) is 4. The average molecular weight is 372 g/mol. The second-order valence-corrected chi connectivity index (χ2v) is 6.70. The molecule has 140 valence electrons. The van der Waals surface area contributed by atoms with Crippen LogP contribution in [0.15, 0.2) is 64.2 Å². The molecule has 0 spiro atoms. The molecule has 0 aliphatic rings. The van der Waals surface area contributed by atoms with Crippen LogP contribution < -0.4 is 5.43 Å². The summed E-state index contributed by atoms with van der Waals surface area (Å²) in [7, 11) is 0. The predicted octanol–water partition coefficient (Wildman–Crippen LogP) is 4.31. The zero-order chi connectivity index (χ0) is 19.7. The highest BCUT2D eigenvalue weighted by molar-refractivity contribution is 5.96. The van der Waals surface area contributed by atoms with Gasteiger partial charge in [-0.2, -0.15) is 5.10 Å². The number of amides is 1. The summed E-state index contributed by atoms with van der Waals surface area (Å²) < 4.78 is 7.62. The third-order valence-electron chi connectivity index (χ3n) is 4.62. The molecule has 0 atom stereocenters. The fourth-order valence-electron chi connectivity index (χ4n) is 3.22. The molecule has 4 aromatic rings. The molecular formula is C22H20N4O2. The zero-order valence-electron chi connectivity index (χ0n) is 15.9. The second-order valence-electron chi connectivity index (χ2n) is 6.70. The fourth-order valence-corrected chi connectivity index (χ4v) is 3.22. The Bertz CT molecular complexity index is 1170. The first-order valence-corrected chi connectivity index (χ1v) is 8.97. The lowest BCUT2D eigenvalue weighted by Crippen LogP contribution is -2.16. The van der Waals surface area contributed by atoms with Crippen LogP contribution in [-0.2, 0) is 0 Å². The van der Waals surface area contributed by atoms with Crippen LogP contribution in [-0.4, -0.2) is 21.7 Å². The predicted molar refractivity (Wildman–Crippen MR) is 109 cm³/mol. The quantitative estimate of drug-likeness (QED) is 0.429. The van der Waals surface area contributed by atoms with Crippen molar-refractivity contribution in [2.45, 2.75) is 20.8 Å². The van der Waals surface area contributed by atoms with Gasteiger partial charge in [0.2, 0.25) is 0 Å². The number of carbonyl (C=O) groups excluding carboxylic acids is 1. The molecule has 28 heavy (non-hydrogen) atoms. The van der Waals surface area contributed by atoms with Crippen LogP contribution in [0.25, 0.3) is 16.8 Å². The number of hydrazone groups is 1. The maximum Gasteiger partial charge on any atom is 0.307 e. The van der Waals surface area contributed by atoms with Crippen LogP contribution in [0.1, 0.15) is 33.1 Å². The molecule has 0 aliphatic carbocycles. The monoisotopic (exact) mass is 372 g/mol. The van der Waals surface area contributed by atoms with E-state index in [1.165, 1.54) is 0 Å². The number of aryl methyl sites for hydroxylation is 2. The number of hydrogen-bond donors (Lipinski definition) is 1. The Morgan fingerprint density at radius 2 is 1.96 bits per heavy atom. The van der Waals surface area contributed by atoms with E-state index in [1.807, 2.05) is 63.2 Å². The summed E-state index contributed by atoms with van der Waals surface area (Å²) in [6, 6.07) is 15.2. The molecule has 1 aromatic carbocycles. The molecular weight excluding hydrogens is 352 g/mol. The van der Waals surface area contributed by atoms with Gasteiger partial charge >= 0.3 is 5.91 Å². The number of pyridine rings is 1. The zero-order valence-corrected chi connectivity index (χ0v) is 15.9. The molecule has 1 N–H and O–H groups in total. The Kier molecular flexibility index (Phi) is 4.53. The number of nitrogens with zero attached hydrogens (tertiary/aromatic N) is 3. The Hall–Kier alpha value is -3.67. The lowest BCUT2D eigenvalue weighted by Gasteiger charge is -2.08. The summed E-state index contributed by atoms with van der Waals surface area (Å²) in [5, 5.41) is 4.98. The van der Waals surface area contributed by atoms with Gasteiger partial charge in [0, 0.05) is 28.5 Å². The minimum Gasteiger partial charge on any atom is -0.451 e. The van der Waals surface area contributed by atoms with Gasteiger partial charge in [-0.25, -0.2) is 10.4 Å². The van der Waals surface area contributed by atoms with Gasteiger partial charge < -0.3 is 8.98 Å². The van der Waals surface area contributed by atoms with Crippen LogP contribution in [0.2, 0.25) is 0 Å². The third-order valence-corrected chi connectivity index (χ3v) is 4.62. The Morgan fingerprint density at radius 3 is 2.75 bits per heavy atom. The lowest BCUT2D eigenvalue weighted by atomic mass is 10.2. The molecule has 0 unspecified atom stereocenters. The van der Waals surface area contributed by atoms with Crippen LogP contribution in [0, 0.1) is 20.8 Å². The molecule has 0 saturated heterocycles. The van der Waals surface area contributed by atoms with E-state index in [0.717, 1.165) is 33.7 Å². The number of para-hydroxylation sites is 1. The molecule has 3 aromatic heterocycles. The van der Waals surface area contributed by atoms with Crippen molar-refractivity contribution in [3.8, 4) is 5.82 Å². The van der Waals surface area contributed by atoms with Gasteiger partial charge in [-0.05, 0) is 56.7 Å². The van der Waals surface area contributed by atoms with Gasteiger partial charge in [0.15, 0.2) is 5.76 Å². The molecule has 0 bridgehead atoms. The standard InChI is InChI=1S/C22H20N4O2/c1-14-8-9-23-21(10-14)26-15(2)11-18(16(26)3)13-24-25-22(27)20-12-17-6-4-5-7-19(17)28-20/h4-13H,1-3H3,(H,25,27)/b24-13+. The SMILES string of the molecule is Cc1ccnc(-n2c(C)cc(/C=N/NC(=O)c3cc4ccccc4o3)c2C)c1. The third kappa shape index (κ3) is 3.32. The number of nitrogens with one attached hydrogen (secondary N) is 1. The summed E-state index contributed by atoms with van der Waals surface area (Å²) in [5.41, 5.74) is 7.29. The van der Waals surface area contributed by atoms with E-state index >= 15 is 0 Å². The van der Waals surface area contributed by atoms with Crippen molar-refractivity contribution >= 4 is 23.1 Å². The van der Waals surface area contributed by atoms with E-state index in [4.69, 9.17) is 4.42 Å². The van der Waals surface area contributed by atoms with Crippen molar-refractivity contribution in [3.05, 3.63) is 83.0 Å². The number of aromatic nitrogens is 2. The van der Waals surface area contributed by atoms with E-state index in [0.29, 0.717) is 5.58 Å². The Labute approximate surface area is 162 Å². The number of rotatable bonds is 4. The van der Waals surface area contributed by atoms with Crippen molar-refractivity contribution in [2.24, 2.45) is 5.10 Å². The molecule has 6 heteroatoms. The average Bonchev–Trinajstić information content (AvgIpc) is 3.22. The van der Waals surface area contributed by atoms with Crippen molar-refractivity contribution in [2.75, 3.05) is 0 Å². The van der Waals surface area contributed by atoms with Gasteiger partial charge in [0.25, 0.3) is 0 Å². The first kappa shape index (κ1) is 17.7. The normalized spacial score (nSPS) is 11.4. The van der Waals surface area contributed by atoms with Crippen LogP contribution >= 0.6 is 0 Å². The topological polar surface area (TPSA) is 72.4 Å². The Balaban J connectivity index is 1.53. The van der Waals surface area contributed by atoms with Crippen LogP contribution in [0.4, 0.5) is 0 Å². The van der Waals surface area contributed by atoms with E-state index in [-0.39, 0.29) is 11.7 Å². The first-order chi connectivity index (χ1) is 13.5. The molecule has 0 fully saturated rings. The van der Waals surface area contributed by atoms with E-state index in [1.54, 1.807) is 18.5 Å². The highest BCUT2D eigenvalue weighted by Crippen LogP contribution is 2.20. The van der Waals surface area contributed by atoms with Crippen molar-refractivity contribution in [3.63, 3.8) is 0 Å². The smallest absolute Gasteiger partial charge is 0.307 e. The second kappa shape index (κ2) is 7.15. The van der Waals surface area contributed by atoms with E-state index in [2.05, 4.69) is 20.1 Å². The lowest BCUT2D eigenvalue weighted by molar-refractivity contribution is 0.0929. The van der Waals surface area contributed by atoms with Crippen molar-refractivity contribution < 1.29 is 9.21 Å². The minimum atomic E-state index is -0.387. The number of fused-ring (bicyclic) bond motifs is 1. The maximum atomic E-state index is 12.3. The highest BCUT2D eigenvalue weighted by Gasteiger charge is 2.12. The maximum absolute atomic E-state index is 12.3. The molecule has 6 nitrogen and oxygen atoms in total. The van der Waals surface area contributed by atoms with Gasteiger partial charge in [0.1, 0.15) is 11.4 Å². The summed E-state index contributed by atoms with van der Waals surface area (Å²) in [6.45, 7) is 6.05. The van der Waals surface area contributed by atoms with Crippen LogP contribution in [0.3, 0.4) is 0 Å². The summed E-state index contributed by atoms with van der Waals surface area (Å²) in [4.78, 5) is 16.7. The summed E-state index contributed by atoms with van der Waals surface area (Å²) in [6.07, 6.45) is 3.43. The Morgan fingerprint density at radius 1 is 1.14 bits per heavy atom. The van der Waals surface area contributed by atoms with Crippen molar-refractivity contribution in [1.82, 2.24) is 15.0 Å². The molecule has 3 heterocycles. The fraction of sp³-hybridized carbons (Fsp3) is 0.136. The van der Waals surface area contributed by atoms with Gasteiger partial charge in [-0.3, -0.25) is 4.79 Å². The molecule has 0 radical (unpaired) electrons. The molecule has 0 aliphatic heterocycles. The van der Waals surface area contributed by atoms with Crippen LogP contribution in [0.5, 0.6) is 0 Å². The number of benzene rings is 1. The van der Waals surface area contributed by atoms with Crippen molar-refractivity contribution in [1.29, 1.82) is 0 Å². The highest BCUT2D eigenvalue weighted by atomic mass is 16.3. The van der Waals surface area contributed by atoms with Gasteiger partial charge in [0.05, 0.1) is 6.21 Å². The van der Waals surface area contributed by atoms with Gasteiger partial charge in [-0.15, -0.1) is 0 Å². The van der Waals surface area contributed by atoms with E-state index in [9.17, 15) is 4.79 Å². The number of carbonyl (C=O) groups is 1. The molecule has 1 amide bonds. The largest absolute Gasteiger partial charge is 0.451 e. The molecule has 4 rings (SSSR count). The minimum absolute atomic E-state index is 0.229. The van der Waals surface area contributed by atoms with E-state index < -0.39 is 0 Å². The first-order valence-electron chi connectivity index (χ1n) is 8.97.